The molecule has 0 unspecified atom stereocenters. The number of imidazole rings is 1. The number of rotatable bonds is 8. The van der Waals surface area contributed by atoms with Crippen molar-refractivity contribution in [3.8, 4) is 5.69 Å². The van der Waals surface area contributed by atoms with Crippen LogP contribution in [0.1, 0.15) is 32.0 Å². The van der Waals surface area contributed by atoms with Gasteiger partial charge in [0.1, 0.15) is 5.76 Å². The number of aryl methyl sites for hydroxylation is 1. The highest BCUT2D eigenvalue weighted by atomic mass is 32.2. The van der Waals surface area contributed by atoms with Gasteiger partial charge in [-0.3, -0.25) is 14.2 Å². The summed E-state index contributed by atoms with van der Waals surface area (Å²) in [6.45, 7) is 2.25. The Bertz CT molecular complexity index is 1200. The monoisotopic (exact) mass is 431 g/mol. The average molecular weight is 432 g/mol. The van der Waals surface area contributed by atoms with Crippen LogP contribution in [0.25, 0.3) is 5.69 Å². The quantitative estimate of drug-likeness (QED) is 0.324. The summed E-state index contributed by atoms with van der Waals surface area (Å²) in [6.07, 6.45) is 5.08. The summed E-state index contributed by atoms with van der Waals surface area (Å²) in [5.74, 6) is 0.840. The molecule has 31 heavy (non-hydrogen) atoms. The van der Waals surface area contributed by atoms with Crippen LogP contribution in [0.3, 0.4) is 0 Å². The van der Waals surface area contributed by atoms with Gasteiger partial charge in [-0.15, -0.1) is 0 Å². The first-order valence-corrected chi connectivity index (χ1v) is 10.8. The van der Waals surface area contributed by atoms with Crippen molar-refractivity contribution in [1.29, 1.82) is 0 Å². The van der Waals surface area contributed by atoms with Crippen LogP contribution in [0.2, 0.25) is 0 Å². The highest BCUT2D eigenvalue weighted by Gasteiger charge is 2.14. The SMILES string of the molecule is Cc1ccccc1C(=O)CSc1nccn1-c1cccc(C(=O)NCc2ccco2)c1. The predicted octanol–water partition coefficient (Wildman–Crippen LogP) is 4.68. The van der Waals surface area contributed by atoms with Crippen LogP contribution >= 0.6 is 11.8 Å². The third kappa shape index (κ3) is 4.95. The Hall–Kier alpha value is -3.58. The lowest BCUT2D eigenvalue weighted by Gasteiger charge is -2.10. The first kappa shape index (κ1) is 20.7. The molecule has 4 aromatic rings. The van der Waals surface area contributed by atoms with Gasteiger partial charge in [-0.2, -0.15) is 0 Å². The highest BCUT2D eigenvalue weighted by molar-refractivity contribution is 7.99. The first-order chi connectivity index (χ1) is 15.1. The number of furan rings is 1. The number of nitrogens with zero attached hydrogens (tertiary/aromatic N) is 2. The largest absolute Gasteiger partial charge is 0.467 e. The van der Waals surface area contributed by atoms with Gasteiger partial charge in [-0.05, 0) is 42.8 Å². The standard InChI is InChI=1S/C24H21N3O3S/c1-17-6-2-3-10-21(17)22(28)16-31-24-25-11-12-27(24)19-8-4-7-18(14-19)23(29)26-15-20-9-5-13-30-20/h2-14H,15-16H2,1H3,(H,26,29). The van der Waals surface area contributed by atoms with Gasteiger partial charge in [0.25, 0.3) is 5.91 Å². The van der Waals surface area contributed by atoms with E-state index in [9.17, 15) is 9.59 Å². The van der Waals surface area contributed by atoms with E-state index in [-0.39, 0.29) is 17.4 Å². The minimum Gasteiger partial charge on any atom is -0.467 e. The van der Waals surface area contributed by atoms with Crippen molar-refractivity contribution in [2.24, 2.45) is 0 Å². The van der Waals surface area contributed by atoms with E-state index in [0.717, 1.165) is 16.8 Å². The molecule has 0 fully saturated rings. The molecule has 0 saturated carbocycles. The number of carbonyl (C=O) groups excluding carboxylic acids is 2. The number of hydrogen-bond acceptors (Lipinski definition) is 5. The van der Waals surface area contributed by atoms with Crippen LogP contribution in [-0.4, -0.2) is 27.0 Å². The Morgan fingerprint density at radius 2 is 1.97 bits per heavy atom. The Balaban J connectivity index is 1.45. The molecule has 1 amide bonds. The molecule has 2 aromatic carbocycles. The fourth-order valence-electron chi connectivity index (χ4n) is 3.17. The molecule has 0 spiro atoms. The van der Waals surface area contributed by atoms with Gasteiger partial charge >= 0.3 is 0 Å². The van der Waals surface area contributed by atoms with Gasteiger partial charge in [-0.25, -0.2) is 4.98 Å². The molecule has 0 aliphatic carbocycles. The molecule has 0 aliphatic rings. The van der Waals surface area contributed by atoms with Crippen molar-refractivity contribution in [2.75, 3.05) is 5.75 Å². The smallest absolute Gasteiger partial charge is 0.251 e. The fraction of sp³-hybridized carbons (Fsp3) is 0.125. The molecular weight excluding hydrogens is 410 g/mol. The number of hydrogen-bond donors (Lipinski definition) is 1. The van der Waals surface area contributed by atoms with E-state index in [0.29, 0.717) is 23.0 Å². The Morgan fingerprint density at radius 1 is 1.10 bits per heavy atom. The van der Waals surface area contributed by atoms with Crippen LogP contribution in [0.5, 0.6) is 0 Å². The second kappa shape index (κ2) is 9.49. The summed E-state index contributed by atoms with van der Waals surface area (Å²) in [5.41, 5.74) is 3.02. The van der Waals surface area contributed by atoms with Crippen molar-refractivity contribution in [3.63, 3.8) is 0 Å². The zero-order valence-electron chi connectivity index (χ0n) is 16.9. The molecular formula is C24H21N3O3S. The van der Waals surface area contributed by atoms with Crippen molar-refractivity contribution < 1.29 is 14.0 Å². The second-order valence-corrected chi connectivity index (χ2v) is 7.86. The molecule has 156 valence electrons. The summed E-state index contributed by atoms with van der Waals surface area (Å²) in [4.78, 5) is 29.5. The second-order valence-electron chi connectivity index (χ2n) is 6.92. The molecule has 2 aromatic heterocycles. The molecule has 1 N–H and O–H groups in total. The summed E-state index contributed by atoms with van der Waals surface area (Å²) in [7, 11) is 0. The van der Waals surface area contributed by atoms with E-state index in [2.05, 4.69) is 10.3 Å². The third-order valence-electron chi connectivity index (χ3n) is 4.77. The fourth-order valence-corrected chi connectivity index (χ4v) is 4.02. The van der Waals surface area contributed by atoms with Crippen LogP contribution in [0.4, 0.5) is 0 Å². The van der Waals surface area contributed by atoms with E-state index >= 15 is 0 Å². The molecule has 0 bridgehead atoms. The average Bonchev–Trinajstić information content (AvgIpc) is 3.48. The number of aromatic nitrogens is 2. The number of nitrogens with one attached hydrogen (secondary N) is 1. The molecule has 2 heterocycles. The molecule has 0 saturated heterocycles. The highest BCUT2D eigenvalue weighted by Crippen LogP contribution is 2.23. The minimum absolute atomic E-state index is 0.0590. The van der Waals surface area contributed by atoms with Crippen LogP contribution in [-0.2, 0) is 6.54 Å². The third-order valence-corrected chi connectivity index (χ3v) is 5.74. The molecule has 7 heteroatoms. The number of ketones is 1. The normalized spacial score (nSPS) is 10.7. The van der Waals surface area contributed by atoms with Crippen LogP contribution < -0.4 is 5.32 Å². The van der Waals surface area contributed by atoms with Crippen molar-refractivity contribution in [3.05, 3.63) is 102 Å². The maximum atomic E-state index is 12.6. The maximum Gasteiger partial charge on any atom is 0.251 e. The number of amides is 1. The summed E-state index contributed by atoms with van der Waals surface area (Å²) in [5, 5.41) is 3.53. The van der Waals surface area contributed by atoms with E-state index in [4.69, 9.17) is 4.42 Å². The van der Waals surface area contributed by atoms with E-state index in [1.54, 1.807) is 30.7 Å². The predicted molar refractivity (Wildman–Crippen MR) is 120 cm³/mol. The van der Waals surface area contributed by atoms with Crippen LogP contribution in [0, 0.1) is 6.92 Å². The van der Waals surface area contributed by atoms with Crippen molar-refractivity contribution >= 4 is 23.5 Å². The number of carbonyl (C=O) groups is 2. The lowest BCUT2D eigenvalue weighted by molar-refractivity contribution is 0.0947. The summed E-state index contributed by atoms with van der Waals surface area (Å²) >= 11 is 1.37. The van der Waals surface area contributed by atoms with Crippen molar-refractivity contribution in [2.45, 2.75) is 18.6 Å². The molecule has 6 nitrogen and oxygen atoms in total. The Labute approximate surface area is 184 Å². The number of thioether (sulfide) groups is 1. The molecule has 0 radical (unpaired) electrons. The van der Waals surface area contributed by atoms with Gasteiger partial charge in [0.05, 0.1) is 18.6 Å². The van der Waals surface area contributed by atoms with E-state index in [1.807, 2.05) is 60.2 Å². The minimum atomic E-state index is -0.192. The van der Waals surface area contributed by atoms with Gasteiger partial charge in [-0.1, -0.05) is 42.1 Å². The molecule has 4 rings (SSSR count). The topological polar surface area (TPSA) is 77.1 Å². The molecule has 0 aliphatic heterocycles. The lowest BCUT2D eigenvalue weighted by Crippen LogP contribution is -2.22. The first-order valence-electron chi connectivity index (χ1n) is 9.78. The van der Waals surface area contributed by atoms with E-state index in [1.165, 1.54) is 11.8 Å². The zero-order chi connectivity index (χ0) is 21.6. The number of Topliss-reactive ketones (excluding diaryl/α,β-unsaturated/α-hetero) is 1. The zero-order valence-corrected chi connectivity index (χ0v) is 17.8. The number of benzene rings is 2. The Morgan fingerprint density at radius 3 is 2.77 bits per heavy atom. The Kier molecular flexibility index (Phi) is 6.33. The van der Waals surface area contributed by atoms with Crippen LogP contribution in [0.15, 0.2) is 88.9 Å². The van der Waals surface area contributed by atoms with Gasteiger partial charge in [0.15, 0.2) is 10.9 Å². The van der Waals surface area contributed by atoms with E-state index < -0.39 is 0 Å². The lowest BCUT2D eigenvalue weighted by atomic mass is 10.1. The van der Waals surface area contributed by atoms with Crippen molar-refractivity contribution in [1.82, 2.24) is 14.9 Å². The van der Waals surface area contributed by atoms with Gasteiger partial charge < -0.3 is 9.73 Å². The van der Waals surface area contributed by atoms with Gasteiger partial charge in [0.2, 0.25) is 0 Å². The maximum absolute atomic E-state index is 12.6. The summed E-state index contributed by atoms with van der Waals surface area (Å²) in [6, 6.07) is 18.4. The summed E-state index contributed by atoms with van der Waals surface area (Å²) < 4.78 is 7.12. The van der Waals surface area contributed by atoms with Gasteiger partial charge in [0, 0.05) is 29.2 Å². The molecule has 0 atom stereocenters.